The Kier molecular flexibility index (Phi) is 5.98. The molecule has 1 aliphatic rings. The van der Waals surface area contributed by atoms with E-state index in [4.69, 9.17) is 14.2 Å². The summed E-state index contributed by atoms with van der Waals surface area (Å²) in [5.74, 6) is 2.56. The van der Waals surface area contributed by atoms with Gasteiger partial charge in [0.05, 0.1) is 13.7 Å². The summed E-state index contributed by atoms with van der Waals surface area (Å²) in [5.41, 5.74) is 0. The molecule has 0 aromatic heterocycles. The van der Waals surface area contributed by atoms with Crippen LogP contribution >= 0.6 is 0 Å². The molecular formula is C15H23NO3. The van der Waals surface area contributed by atoms with E-state index in [1.165, 1.54) is 12.8 Å². The summed E-state index contributed by atoms with van der Waals surface area (Å²) < 4.78 is 16.2. The van der Waals surface area contributed by atoms with E-state index in [0.717, 1.165) is 43.7 Å². The first-order valence-corrected chi connectivity index (χ1v) is 6.94. The fraction of sp³-hybridized carbons (Fsp3) is 0.600. The molecular weight excluding hydrogens is 242 g/mol. The fourth-order valence-corrected chi connectivity index (χ4v) is 1.72. The zero-order valence-corrected chi connectivity index (χ0v) is 11.6. The van der Waals surface area contributed by atoms with Gasteiger partial charge in [-0.2, -0.15) is 0 Å². The maximum Gasteiger partial charge on any atom is 0.119 e. The molecule has 1 saturated carbocycles. The highest BCUT2D eigenvalue weighted by Gasteiger charge is 2.20. The van der Waals surface area contributed by atoms with Crippen molar-refractivity contribution in [1.29, 1.82) is 0 Å². The monoisotopic (exact) mass is 265 g/mol. The van der Waals surface area contributed by atoms with Crippen LogP contribution in [0.5, 0.6) is 11.5 Å². The Morgan fingerprint density at radius 3 is 2.42 bits per heavy atom. The Morgan fingerprint density at radius 2 is 1.74 bits per heavy atom. The van der Waals surface area contributed by atoms with Gasteiger partial charge in [0.2, 0.25) is 0 Å². The molecule has 0 bridgehead atoms. The number of ether oxygens (including phenoxy) is 3. The van der Waals surface area contributed by atoms with Crippen LogP contribution in [0.25, 0.3) is 0 Å². The van der Waals surface area contributed by atoms with E-state index in [2.05, 4.69) is 5.32 Å². The Hall–Kier alpha value is -1.26. The highest BCUT2D eigenvalue weighted by Crippen LogP contribution is 2.28. The van der Waals surface area contributed by atoms with Crippen molar-refractivity contribution in [2.45, 2.75) is 12.8 Å². The number of hydrogen-bond donors (Lipinski definition) is 1. The highest BCUT2D eigenvalue weighted by atomic mass is 16.5. The SMILES string of the molecule is COc1ccc(OCCNCCOCC2CC2)cc1. The minimum Gasteiger partial charge on any atom is -0.497 e. The molecule has 0 amide bonds. The third kappa shape index (κ3) is 5.94. The summed E-state index contributed by atoms with van der Waals surface area (Å²) in [4.78, 5) is 0. The Balaban J connectivity index is 1.44. The minimum absolute atomic E-state index is 0.662. The lowest BCUT2D eigenvalue weighted by molar-refractivity contribution is 0.125. The average molecular weight is 265 g/mol. The van der Waals surface area contributed by atoms with Crippen molar-refractivity contribution in [1.82, 2.24) is 5.32 Å². The first-order chi connectivity index (χ1) is 9.38. The first kappa shape index (κ1) is 14.2. The van der Waals surface area contributed by atoms with Crippen LogP contribution in [0.3, 0.4) is 0 Å². The number of rotatable bonds is 10. The van der Waals surface area contributed by atoms with Gasteiger partial charge < -0.3 is 19.5 Å². The van der Waals surface area contributed by atoms with Crippen LogP contribution in [0.2, 0.25) is 0 Å². The second kappa shape index (κ2) is 8.02. The van der Waals surface area contributed by atoms with Gasteiger partial charge >= 0.3 is 0 Å². The van der Waals surface area contributed by atoms with Gasteiger partial charge in [0.15, 0.2) is 0 Å². The van der Waals surface area contributed by atoms with Crippen molar-refractivity contribution >= 4 is 0 Å². The van der Waals surface area contributed by atoms with Gasteiger partial charge in [-0.3, -0.25) is 0 Å². The molecule has 4 nitrogen and oxygen atoms in total. The zero-order chi connectivity index (χ0) is 13.3. The van der Waals surface area contributed by atoms with Crippen molar-refractivity contribution in [2.24, 2.45) is 5.92 Å². The van der Waals surface area contributed by atoms with E-state index in [1.54, 1.807) is 7.11 Å². The van der Waals surface area contributed by atoms with Crippen LogP contribution in [0.4, 0.5) is 0 Å². The third-order valence-electron chi connectivity index (χ3n) is 3.08. The van der Waals surface area contributed by atoms with Crippen molar-refractivity contribution in [2.75, 3.05) is 40.0 Å². The molecule has 0 saturated heterocycles. The lowest BCUT2D eigenvalue weighted by Gasteiger charge is -2.08. The molecule has 0 unspecified atom stereocenters. The molecule has 0 aliphatic heterocycles. The zero-order valence-electron chi connectivity index (χ0n) is 11.6. The lowest BCUT2D eigenvalue weighted by Crippen LogP contribution is -2.25. The molecule has 0 heterocycles. The van der Waals surface area contributed by atoms with Crippen molar-refractivity contribution in [3.63, 3.8) is 0 Å². The van der Waals surface area contributed by atoms with Gasteiger partial charge in [0.1, 0.15) is 18.1 Å². The van der Waals surface area contributed by atoms with E-state index >= 15 is 0 Å². The van der Waals surface area contributed by atoms with E-state index in [9.17, 15) is 0 Å². The van der Waals surface area contributed by atoms with Crippen LogP contribution in [-0.2, 0) is 4.74 Å². The molecule has 0 spiro atoms. The predicted molar refractivity (Wildman–Crippen MR) is 74.9 cm³/mol. The third-order valence-corrected chi connectivity index (χ3v) is 3.08. The van der Waals surface area contributed by atoms with Gasteiger partial charge in [-0.25, -0.2) is 0 Å². The quantitative estimate of drug-likeness (QED) is 0.658. The molecule has 1 N–H and O–H groups in total. The van der Waals surface area contributed by atoms with Crippen molar-refractivity contribution in [3.8, 4) is 11.5 Å². The summed E-state index contributed by atoms with van der Waals surface area (Å²) in [6.45, 7) is 4.11. The van der Waals surface area contributed by atoms with Gasteiger partial charge in [-0.05, 0) is 43.0 Å². The smallest absolute Gasteiger partial charge is 0.119 e. The lowest BCUT2D eigenvalue weighted by atomic mass is 10.3. The van der Waals surface area contributed by atoms with E-state index < -0.39 is 0 Å². The highest BCUT2D eigenvalue weighted by molar-refractivity contribution is 5.31. The maximum absolute atomic E-state index is 5.60. The van der Waals surface area contributed by atoms with Crippen molar-refractivity contribution < 1.29 is 14.2 Å². The molecule has 0 radical (unpaired) electrons. The molecule has 0 atom stereocenters. The fourth-order valence-electron chi connectivity index (χ4n) is 1.72. The number of methoxy groups -OCH3 is 1. The van der Waals surface area contributed by atoms with Gasteiger partial charge in [-0.1, -0.05) is 0 Å². The van der Waals surface area contributed by atoms with Crippen LogP contribution in [-0.4, -0.2) is 40.0 Å². The second-order valence-corrected chi connectivity index (χ2v) is 4.79. The summed E-state index contributed by atoms with van der Waals surface area (Å²) in [6.07, 6.45) is 2.70. The van der Waals surface area contributed by atoms with Crippen LogP contribution in [0, 0.1) is 5.92 Å². The molecule has 4 heteroatoms. The van der Waals surface area contributed by atoms with E-state index in [1.807, 2.05) is 24.3 Å². The number of benzene rings is 1. The predicted octanol–water partition coefficient (Wildman–Crippen LogP) is 2.09. The van der Waals surface area contributed by atoms with Crippen LogP contribution < -0.4 is 14.8 Å². The number of nitrogens with one attached hydrogen (secondary N) is 1. The van der Waals surface area contributed by atoms with Crippen LogP contribution in [0.1, 0.15) is 12.8 Å². The Bertz CT molecular complexity index is 349. The summed E-state index contributed by atoms with van der Waals surface area (Å²) in [6, 6.07) is 7.62. The second-order valence-electron chi connectivity index (χ2n) is 4.79. The largest absolute Gasteiger partial charge is 0.497 e. The molecule has 1 aromatic carbocycles. The summed E-state index contributed by atoms with van der Waals surface area (Å²) in [7, 11) is 1.66. The molecule has 2 rings (SSSR count). The minimum atomic E-state index is 0.662. The summed E-state index contributed by atoms with van der Waals surface area (Å²) in [5, 5.41) is 3.30. The standard InChI is InChI=1S/C15H23NO3/c1-17-14-4-6-15(7-5-14)19-11-9-16-8-10-18-12-13-2-3-13/h4-7,13,16H,2-3,8-12H2,1H3. The number of hydrogen-bond acceptors (Lipinski definition) is 4. The Labute approximate surface area is 115 Å². The maximum atomic E-state index is 5.60. The summed E-state index contributed by atoms with van der Waals surface area (Å²) >= 11 is 0. The molecule has 1 fully saturated rings. The van der Waals surface area contributed by atoms with Crippen LogP contribution in [0.15, 0.2) is 24.3 Å². The van der Waals surface area contributed by atoms with Gasteiger partial charge in [0, 0.05) is 19.7 Å². The van der Waals surface area contributed by atoms with E-state index in [-0.39, 0.29) is 0 Å². The van der Waals surface area contributed by atoms with Gasteiger partial charge in [-0.15, -0.1) is 0 Å². The van der Waals surface area contributed by atoms with Gasteiger partial charge in [0.25, 0.3) is 0 Å². The Morgan fingerprint density at radius 1 is 1.05 bits per heavy atom. The molecule has 106 valence electrons. The average Bonchev–Trinajstić information content (AvgIpc) is 3.26. The molecule has 1 aromatic rings. The normalized spacial score (nSPS) is 14.4. The molecule has 19 heavy (non-hydrogen) atoms. The molecule has 1 aliphatic carbocycles. The van der Waals surface area contributed by atoms with E-state index in [0.29, 0.717) is 6.61 Å². The topological polar surface area (TPSA) is 39.7 Å². The first-order valence-electron chi connectivity index (χ1n) is 6.94. The van der Waals surface area contributed by atoms with Crippen molar-refractivity contribution in [3.05, 3.63) is 24.3 Å².